The predicted molar refractivity (Wildman–Crippen MR) is 129 cm³/mol. The standard InChI is InChI=1S/C26H28ClN3O4/c27-21-8-2-1-5-17(21)16-30-25(33)20-7-3-9-22(23(20)26(30)34)29-12-4-6-18(15-29)24(32)28-13-10-19(31)11-14-28/h1-3,5,7-9,18-19,31H,4,6,10-16H2/t18-/m0/s1. The molecule has 34 heavy (non-hydrogen) atoms. The zero-order chi connectivity index (χ0) is 23.8. The maximum atomic E-state index is 13.4. The summed E-state index contributed by atoms with van der Waals surface area (Å²) in [4.78, 5) is 44.9. The van der Waals surface area contributed by atoms with Crippen LogP contribution in [-0.4, -0.2) is 64.9 Å². The summed E-state index contributed by atoms with van der Waals surface area (Å²) in [6.07, 6.45) is 2.55. The van der Waals surface area contributed by atoms with E-state index in [1.165, 1.54) is 4.90 Å². The van der Waals surface area contributed by atoms with E-state index < -0.39 is 0 Å². The molecule has 0 bridgehead atoms. The summed E-state index contributed by atoms with van der Waals surface area (Å²) in [5, 5.41) is 10.3. The summed E-state index contributed by atoms with van der Waals surface area (Å²) in [6.45, 7) is 2.53. The van der Waals surface area contributed by atoms with Gasteiger partial charge >= 0.3 is 0 Å². The van der Waals surface area contributed by atoms with Gasteiger partial charge in [-0.15, -0.1) is 0 Å². The van der Waals surface area contributed by atoms with Gasteiger partial charge in [0.05, 0.1) is 35.4 Å². The van der Waals surface area contributed by atoms with Crippen molar-refractivity contribution >= 4 is 35.0 Å². The molecule has 178 valence electrons. The maximum absolute atomic E-state index is 13.4. The number of halogens is 1. The minimum absolute atomic E-state index is 0.118. The Hall–Kier alpha value is -2.90. The molecule has 1 atom stereocenters. The molecule has 1 N–H and O–H groups in total. The number of rotatable bonds is 4. The van der Waals surface area contributed by atoms with Gasteiger partial charge in [0.25, 0.3) is 11.8 Å². The lowest BCUT2D eigenvalue weighted by atomic mass is 9.94. The lowest BCUT2D eigenvalue weighted by Gasteiger charge is -2.38. The fraction of sp³-hybridized carbons (Fsp3) is 0.423. The van der Waals surface area contributed by atoms with Gasteiger partial charge in [-0.3, -0.25) is 19.3 Å². The molecule has 0 radical (unpaired) electrons. The molecule has 0 spiro atoms. The van der Waals surface area contributed by atoms with E-state index in [1.807, 2.05) is 29.2 Å². The number of fused-ring (bicyclic) bond motifs is 1. The molecule has 2 saturated heterocycles. The average molecular weight is 482 g/mol. The lowest BCUT2D eigenvalue weighted by Crippen LogP contribution is -2.48. The van der Waals surface area contributed by atoms with Crippen LogP contribution in [0, 0.1) is 5.92 Å². The lowest BCUT2D eigenvalue weighted by molar-refractivity contribution is -0.137. The minimum Gasteiger partial charge on any atom is -0.393 e. The summed E-state index contributed by atoms with van der Waals surface area (Å²) in [5.74, 6) is -0.689. The number of piperidine rings is 2. The number of carbonyl (C=O) groups excluding carboxylic acids is 3. The molecule has 2 fully saturated rings. The van der Waals surface area contributed by atoms with E-state index >= 15 is 0 Å². The van der Waals surface area contributed by atoms with Gasteiger partial charge in [0, 0.05) is 31.2 Å². The first kappa shape index (κ1) is 22.9. The Morgan fingerprint density at radius 1 is 0.971 bits per heavy atom. The number of hydrogen-bond acceptors (Lipinski definition) is 5. The third-order valence-electron chi connectivity index (χ3n) is 7.15. The monoisotopic (exact) mass is 481 g/mol. The Kier molecular flexibility index (Phi) is 6.32. The molecular formula is C26H28ClN3O4. The van der Waals surface area contributed by atoms with Crippen molar-refractivity contribution in [3.63, 3.8) is 0 Å². The Labute approximate surface area is 203 Å². The van der Waals surface area contributed by atoms with Gasteiger partial charge in [-0.1, -0.05) is 35.9 Å². The van der Waals surface area contributed by atoms with Crippen LogP contribution < -0.4 is 4.90 Å². The van der Waals surface area contributed by atoms with Gasteiger partial charge in [-0.25, -0.2) is 0 Å². The van der Waals surface area contributed by atoms with Gasteiger partial charge in [0.2, 0.25) is 5.91 Å². The van der Waals surface area contributed by atoms with Gasteiger partial charge in [-0.2, -0.15) is 0 Å². The summed E-state index contributed by atoms with van der Waals surface area (Å²) >= 11 is 6.27. The van der Waals surface area contributed by atoms with Crippen LogP contribution in [0.15, 0.2) is 42.5 Å². The number of hydrogen-bond donors (Lipinski definition) is 1. The van der Waals surface area contributed by atoms with E-state index in [1.54, 1.807) is 18.2 Å². The molecule has 2 aromatic carbocycles. The van der Waals surface area contributed by atoms with Crippen LogP contribution in [0.25, 0.3) is 0 Å². The molecule has 0 aliphatic carbocycles. The molecule has 0 saturated carbocycles. The first-order valence-corrected chi connectivity index (χ1v) is 12.3. The molecule has 2 aromatic rings. The maximum Gasteiger partial charge on any atom is 0.263 e. The summed E-state index contributed by atoms with van der Waals surface area (Å²) in [5.41, 5.74) is 2.24. The van der Waals surface area contributed by atoms with Crippen molar-refractivity contribution in [3.8, 4) is 0 Å². The van der Waals surface area contributed by atoms with Crippen molar-refractivity contribution in [2.45, 2.75) is 38.3 Å². The molecule has 7 nitrogen and oxygen atoms in total. The van der Waals surface area contributed by atoms with Crippen molar-refractivity contribution in [1.29, 1.82) is 0 Å². The summed E-state index contributed by atoms with van der Waals surface area (Å²) in [6, 6.07) is 12.6. The average Bonchev–Trinajstić information content (AvgIpc) is 3.10. The number of imide groups is 1. The minimum atomic E-state index is -0.325. The van der Waals surface area contributed by atoms with Crippen molar-refractivity contribution < 1.29 is 19.5 Å². The highest BCUT2D eigenvalue weighted by Crippen LogP contribution is 2.35. The third kappa shape index (κ3) is 4.18. The molecule has 3 heterocycles. The zero-order valence-electron chi connectivity index (χ0n) is 19.0. The molecule has 0 unspecified atom stereocenters. The van der Waals surface area contributed by atoms with Gasteiger partial charge < -0.3 is 14.9 Å². The van der Waals surface area contributed by atoms with Gasteiger partial charge in [-0.05, 0) is 49.4 Å². The van der Waals surface area contributed by atoms with Crippen molar-refractivity contribution in [2.24, 2.45) is 5.92 Å². The van der Waals surface area contributed by atoms with E-state index in [4.69, 9.17) is 11.6 Å². The topological polar surface area (TPSA) is 81.2 Å². The smallest absolute Gasteiger partial charge is 0.263 e. The molecule has 5 rings (SSSR count). The van der Waals surface area contributed by atoms with E-state index in [-0.39, 0.29) is 36.3 Å². The fourth-order valence-corrected chi connectivity index (χ4v) is 5.46. The second-order valence-corrected chi connectivity index (χ2v) is 9.74. The number of benzene rings is 2. The van der Waals surface area contributed by atoms with Gasteiger partial charge in [0.15, 0.2) is 0 Å². The van der Waals surface area contributed by atoms with Crippen LogP contribution in [0.3, 0.4) is 0 Å². The van der Waals surface area contributed by atoms with E-state index in [0.717, 1.165) is 24.9 Å². The van der Waals surface area contributed by atoms with Crippen LogP contribution in [0.4, 0.5) is 5.69 Å². The molecule has 0 aromatic heterocycles. The van der Waals surface area contributed by atoms with Crippen LogP contribution in [0.1, 0.15) is 52.0 Å². The van der Waals surface area contributed by atoms with Crippen molar-refractivity contribution in [2.75, 3.05) is 31.1 Å². The number of anilines is 1. The second kappa shape index (κ2) is 9.39. The number of carbonyl (C=O) groups is 3. The SMILES string of the molecule is O=C([C@H]1CCCN(c2cccc3c2C(=O)N(Cc2ccccc2Cl)C3=O)C1)N1CCC(O)CC1. The van der Waals surface area contributed by atoms with Crippen LogP contribution in [0.5, 0.6) is 0 Å². The predicted octanol–water partition coefficient (Wildman–Crippen LogP) is 3.34. The van der Waals surface area contributed by atoms with E-state index in [2.05, 4.69) is 4.90 Å². The zero-order valence-corrected chi connectivity index (χ0v) is 19.7. The highest BCUT2D eigenvalue weighted by molar-refractivity contribution is 6.31. The number of aliphatic hydroxyl groups excluding tert-OH is 1. The molecule has 3 aliphatic rings. The van der Waals surface area contributed by atoms with E-state index in [0.29, 0.717) is 54.3 Å². The molecule has 8 heteroatoms. The second-order valence-electron chi connectivity index (χ2n) is 9.33. The summed E-state index contributed by atoms with van der Waals surface area (Å²) in [7, 11) is 0. The first-order chi connectivity index (χ1) is 16.4. The van der Waals surface area contributed by atoms with Gasteiger partial charge in [0.1, 0.15) is 0 Å². The highest BCUT2D eigenvalue weighted by Gasteiger charge is 2.40. The Morgan fingerprint density at radius 3 is 2.50 bits per heavy atom. The normalized spacial score (nSPS) is 21.2. The fourth-order valence-electron chi connectivity index (χ4n) is 5.26. The summed E-state index contributed by atoms with van der Waals surface area (Å²) < 4.78 is 0. The largest absolute Gasteiger partial charge is 0.393 e. The number of amides is 3. The van der Waals surface area contributed by atoms with E-state index in [9.17, 15) is 19.5 Å². The van der Waals surface area contributed by atoms with Crippen molar-refractivity contribution in [1.82, 2.24) is 9.80 Å². The molecule has 3 amide bonds. The molecule has 3 aliphatic heterocycles. The first-order valence-electron chi connectivity index (χ1n) is 11.9. The Balaban J connectivity index is 1.36. The Morgan fingerprint density at radius 2 is 1.74 bits per heavy atom. The highest BCUT2D eigenvalue weighted by atomic mass is 35.5. The van der Waals surface area contributed by atoms with Crippen LogP contribution in [-0.2, 0) is 11.3 Å². The number of nitrogens with zero attached hydrogens (tertiary/aromatic N) is 3. The Bertz CT molecular complexity index is 1130. The van der Waals surface area contributed by atoms with Crippen molar-refractivity contribution in [3.05, 3.63) is 64.2 Å². The van der Waals surface area contributed by atoms with Crippen LogP contribution in [0.2, 0.25) is 5.02 Å². The number of likely N-dealkylation sites (tertiary alicyclic amines) is 1. The quantitative estimate of drug-likeness (QED) is 0.677. The third-order valence-corrected chi connectivity index (χ3v) is 7.52. The number of aliphatic hydroxyl groups is 1. The van der Waals surface area contributed by atoms with Crippen LogP contribution >= 0.6 is 11.6 Å². The molecular weight excluding hydrogens is 454 g/mol.